The van der Waals surface area contributed by atoms with Gasteiger partial charge in [-0.05, 0) is 13.3 Å². The number of hydrogen-bond donors (Lipinski definition) is 2. The minimum Gasteiger partial charge on any atom is -0.364 e. The van der Waals surface area contributed by atoms with Gasteiger partial charge in [-0.3, -0.25) is 0 Å². The molecule has 0 saturated heterocycles. The first kappa shape index (κ1) is 17.5. The molecule has 0 saturated carbocycles. The van der Waals surface area contributed by atoms with E-state index in [2.05, 4.69) is 34.6 Å². The van der Waals surface area contributed by atoms with Gasteiger partial charge in [0.05, 0.1) is 6.54 Å². The highest BCUT2D eigenvalue weighted by Crippen LogP contribution is 2.06. The van der Waals surface area contributed by atoms with Crippen LogP contribution in [-0.4, -0.2) is 24.2 Å². The summed E-state index contributed by atoms with van der Waals surface area (Å²) in [5.41, 5.74) is 0.850. The third-order valence-corrected chi connectivity index (χ3v) is 3.31. The van der Waals surface area contributed by atoms with Crippen LogP contribution < -0.4 is 10.6 Å². The molecule has 0 spiro atoms. The average Bonchev–Trinajstić information content (AvgIpc) is 3.00. The first-order chi connectivity index (χ1) is 10.4. The molecule has 0 amide bonds. The van der Waals surface area contributed by atoms with Crippen LogP contribution in [0, 0.1) is 0 Å². The highest BCUT2D eigenvalue weighted by Gasteiger charge is 1.99. The summed E-state index contributed by atoms with van der Waals surface area (Å²) >= 11 is 0. The second-order valence-corrected chi connectivity index (χ2v) is 5.23. The van der Waals surface area contributed by atoms with Crippen LogP contribution in [0.3, 0.4) is 0 Å². The lowest BCUT2D eigenvalue weighted by atomic mass is 10.1. The van der Waals surface area contributed by atoms with Crippen LogP contribution in [0.15, 0.2) is 21.8 Å². The van der Waals surface area contributed by atoms with E-state index in [4.69, 9.17) is 4.52 Å². The SMILES string of the molecule is CCCCCCCCCNC(=NCc1ccon1)NCC. The fourth-order valence-electron chi connectivity index (χ4n) is 2.11. The second-order valence-electron chi connectivity index (χ2n) is 5.23. The van der Waals surface area contributed by atoms with Gasteiger partial charge >= 0.3 is 0 Å². The summed E-state index contributed by atoms with van der Waals surface area (Å²) in [5, 5.41) is 10.5. The molecule has 0 unspecified atom stereocenters. The van der Waals surface area contributed by atoms with Crippen LogP contribution in [0.5, 0.6) is 0 Å². The molecule has 21 heavy (non-hydrogen) atoms. The maximum absolute atomic E-state index is 4.80. The second kappa shape index (κ2) is 12.2. The number of aliphatic imine (C=N–C) groups is 1. The summed E-state index contributed by atoms with van der Waals surface area (Å²) in [7, 11) is 0. The van der Waals surface area contributed by atoms with E-state index in [1.165, 1.54) is 44.9 Å². The Hall–Kier alpha value is -1.52. The molecule has 0 radical (unpaired) electrons. The predicted octanol–water partition coefficient (Wildman–Crippen LogP) is 3.48. The first-order valence-corrected chi connectivity index (χ1v) is 8.28. The lowest BCUT2D eigenvalue weighted by molar-refractivity contribution is 0.412. The smallest absolute Gasteiger partial charge is 0.191 e. The molecule has 0 fully saturated rings. The van der Waals surface area contributed by atoms with Crippen molar-refractivity contribution in [3.63, 3.8) is 0 Å². The molecular weight excluding hydrogens is 264 g/mol. The largest absolute Gasteiger partial charge is 0.364 e. The van der Waals surface area contributed by atoms with Crippen LogP contribution in [0.2, 0.25) is 0 Å². The lowest BCUT2D eigenvalue weighted by Gasteiger charge is -2.10. The van der Waals surface area contributed by atoms with Crippen molar-refractivity contribution < 1.29 is 4.52 Å². The maximum atomic E-state index is 4.80. The monoisotopic (exact) mass is 294 g/mol. The van der Waals surface area contributed by atoms with E-state index in [9.17, 15) is 0 Å². The van der Waals surface area contributed by atoms with Crippen LogP contribution in [0.1, 0.15) is 64.5 Å². The zero-order valence-corrected chi connectivity index (χ0v) is 13.5. The van der Waals surface area contributed by atoms with Gasteiger partial charge in [-0.25, -0.2) is 4.99 Å². The standard InChI is InChI=1S/C16H30N4O/c1-3-5-6-7-8-9-10-12-18-16(17-4-2)19-14-15-11-13-21-20-15/h11,13H,3-10,12,14H2,1-2H3,(H2,17,18,19). The minimum absolute atomic E-state index is 0.544. The molecule has 2 N–H and O–H groups in total. The van der Waals surface area contributed by atoms with Gasteiger partial charge in [-0.1, -0.05) is 50.6 Å². The number of aromatic nitrogens is 1. The Morgan fingerprint density at radius 1 is 1.10 bits per heavy atom. The van der Waals surface area contributed by atoms with Gasteiger partial charge in [0.15, 0.2) is 5.96 Å². The molecule has 0 aliphatic heterocycles. The highest BCUT2D eigenvalue weighted by molar-refractivity contribution is 5.79. The fraction of sp³-hybridized carbons (Fsp3) is 0.750. The summed E-state index contributed by atoms with van der Waals surface area (Å²) < 4.78 is 4.80. The summed E-state index contributed by atoms with van der Waals surface area (Å²) in [6, 6.07) is 1.84. The Bertz CT molecular complexity index is 362. The zero-order chi connectivity index (χ0) is 15.2. The molecule has 1 rings (SSSR count). The molecule has 120 valence electrons. The van der Waals surface area contributed by atoms with Gasteiger partial charge in [-0.15, -0.1) is 0 Å². The van der Waals surface area contributed by atoms with Crippen LogP contribution in [0.25, 0.3) is 0 Å². The van der Waals surface area contributed by atoms with E-state index in [0.29, 0.717) is 6.54 Å². The van der Waals surface area contributed by atoms with Crippen molar-refractivity contribution in [1.82, 2.24) is 15.8 Å². The highest BCUT2D eigenvalue weighted by atomic mass is 16.5. The summed E-state index contributed by atoms with van der Waals surface area (Å²) in [5.74, 6) is 0.853. The van der Waals surface area contributed by atoms with Crippen molar-refractivity contribution in [2.24, 2.45) is 4.99 Å². The molecule has 0 aliphatic rings. The maximum Gasteiger partial charge on any atom is 0.191 e. The Morgan fingerprint density at radius 2 is 1.86 bits per heavy atom. The number of hydrogen-bond acceptors (Lipinski definition) is 3. The number of unbranched alkanes of at least 4 members (excludes halogenated alkanes) is 6. The molecule has 5 nitrogen and oxygen atoms in total. The van der Waals surface area contributed by atoms with Crippen molar-refractivity contribution >= 4 is 5.96 Å². The van der Waals surface area contributed by atoms with E-state index in [0.717, 1.165) is 24.7 Å². The number of nitrogens with one attached hydrogen (secondary N) is 2. The number of guanidine groups is 1. The molecule has 0 aliphatic carbocycles. The summed E-state index contributed by atoms with van der Waals surface area (Å²) in [6.45, 7) is 6.70. The predicted molar refractivity (Wildman–Crippen MR) is 87.3 cm³/mol. The van der Waals surface area contributed by atoms with Crippen molar-refractivity contribution in [1.29, 1.82) is 0 Å². The number of nitrogens with zero attached hydrogens (tertiary/aromatic N) is 2. The van der Waals surface area contributed by atoms with Crippen molar-refractivity contribution in [2.75, 3.05) is 13.1 Å². The third-order valence-electron chi connectivity index (χ3n) is 3.31. The van der Waals surface area contributed by atoms with Gasteiger partial charge < -0.3 is 15.2 Å². The van der Waals surface area contributed by atoms with Gasteiger partial charge in [-0.2, -0.15) is 0 Å². The fourth-order valence-corrected chi connectivity index (χ4v) is 2.11. The summed E-state index contributed by atoms with van der Waals surface area (Å²) in [4.78, 5) is 4.49. The first-order valence-electron chi connectivity index (χ1n) is 8.28. The molecule has 0 bridgehead atoms. The van der Waals surface area contributed by atoms with Crippen molar-refractivity contribution in [3.05, 3.63) is 18.0 Å². The topological polar surface area (TPSA) is 62.5 Å². The van der Waals surface area contributed by atoms with Crippen molar-refractivity contribution in [3.8, 4) is 0 Å². The molecular formula is C16H30N4O. The molecule has 1 aromatic rings. The van der Waals surface area contributed by atoms with E-state index >= 15 is 0 Å². The molecule has 1 heterocycles. The normalized spacial score (nSPS) is 11.6. The van der Waals surface area contributed by atoms with Crippen molar-refractivity contribution in [2.45, 2.75) is 65.3 Å². The van der Waals surface area contributed by atoms with Gasteiger partial charge in [0, 0.05) is 19.2 Å². The Labute approximate surface area is 128 Å². The third kappa shape index (κ3) is 9.10. The molecule has 5 heteroatoms. The van der Waals surface area contributed by atoms with E-state index in [-0.39, 0.29) is 0 Å². The Morgan fingerprint density at radius 3 is 2.52 bits per heavy atom. The molecule has 0 atom stereocenters. The van der Waals surface area contributed by atoms with Gasteiger partial charge in [0.1, 0.15) is 12.0 Å². The zero-order valence-electron chi connectivity index (χ0n) is 13.5. The Balaban J connectivity index is 2.11. The van der Waals surface area contributed by atoms with Gasteiger partial charge in [0.25, 0.3) is 0 Å². The Kier molecular flexibility index (Phi) is 10.2. The molecule has 0 aromatic carbocycles. The number of rotatable bonds is 11. The van der Waals surface area contributed by atoms with Gasteiger partial charge in [0.2, 0.25) is 0 Å². The summed E-state index contributed by atoms with van der Waals surface area (Å²) in [6.07, 6.45) is 10.8. The quantitative estimate of drug-likeness (QED) is 0.372. The average molecular weight is 294 g/mol. The molecule has 1 aromatic heterocycles. The van der Waals surface area contributed by atoms with Crippen LogP contribution in [-0.2, 0) is 6.54 Å². The van der Waals surface area contributed by atoms with E-state index in [1.807, 2.05) is 6.07 Å². The van der Waals surface area contributed by atoms with E-state index < -0.39 is 0 Å². The lowest BCUT2D eigenvalue weighted by Crippen LogP contribution is -2.37. The van der Waals surface area contributed by atoms with Crippen LogP contribution >= 0.6 is 0 Å². The minimum atomic E-state index is 0.544. The van der Waals surface area contributed by atoms with E-state index in [1.54, 1.807) is 6.26 Å². The van der Waals surface area contributed by atoms with Crippen LogP contribution in [0.4, 0.5) is 0 Å².